The summed E-state index contributed by atoms with van der Waals surface area (Å²) in [5.41, 5.74) is 0.900. The molecule has 1 saturated carbocycles. The fourth-order valence-corrected chi connectivity index (χ4v) is 4.65. The molecule has 2 N–H and O–H groups in total. The van der Waals surface area contributed by atoms with Crippen molar-refractivity contribution >= 4 is 42.1 Å². The van der Waals surface area contributed by atoms with E-state index in [1.807, 2.05) is 6.92 Å². The predicted octanol–water partition coefficient (Wildman–Crippen LogP) is 2.98. The van der Waals surface area contributed by atoms with Gasteiger partial charge in [0.25, 0.3) is 5.91 Å². The molecule has 1 aliphatic carbocycles. The van der Waals surface area contributed by atoms with Crippen molar-refractivity contribution in [3.8, 4) is 0 Å². The summed E-state index contributed by atoms with van der Waals surface area (Å²) in [4.78, 5) is 20.3. The van der Waals surface area contributed by atoms with E-state index in [1.54, 1.807) is 11.3 Å². The van der Waals surface area contributed by atoms with Crippen molar-refractivity contribution in [1.82, 2.24) is 20.5 Å². The van der Waals surface area contributed by atoms with Gasteiger partial charge < -0.3 is 15.5 Å². The van der Waals surface area contributed by atoms with Gasteiger partial charge in [0.1, 0.15) is 4.88 Å². The van der Waals surface area contributed by atoms with Gasteiger partial charge in [-0.15, -0.1) is 36.2 Å². The van der Waals surface area contributed by atoms with Gasteiger partial charge in [0.2, 0.25) is 0 Å². The van der Waals surface area contributed by atoms with Crippen molar-refractivity contribution in [3.05, 3.63) is 15.6 Å². The van der Waals surface area contributed by atoms with Crippen LogP contribution in [0.4, 0.5) is 0 Å². The van der Waals surface area contributed by atoms with Crippen LogP contribution in [0.1, 0.15) is 58.4 Å². The van der Waals surface area contributed by atoms with E-state index < -0.39 is 0 Å². The summed E-state index contributed by atoms with van der Waals surface area (Å²) in [5.74, 6) is 0.650. The maximum absolute atomic E-state index is 12.4. The maximum atomic E-state index is 12.4. The van der Waals surface area contributed by atoms with E-state index in [9.17, 15) is 4.79 Å². The molecule has 0 spiro atoms. The van der Waals surface area contributed by atoms with Gasteiger partial charge in [-0.1, -0.05) is 12.8 Å². The Morgan fingerprint density at radius 2 is 1.96 bits per heavy atom. The van der Waals surface area contributed by atoms with Crippen LogP contribution in [-0.4, -0.2) is 55.1 Å². The molecular weight excluding hydrogens is 379 g/mol. The van der Waals surface area contributed by atoms with Crippen LogP contribution in [0.3, 0.4) is 0 Å². The lowest BCUT2D eigenvalue weighted by Crippen LogP contribution is -2.44. The highest BCUT2D eigenvalue weighted by molar-refractivity contribution is 7.13. The lowest BCUT2D eigenvalue weighted by molar-refractivity contribution is 0.0954. The van der Waals surface area contributed by atoms with Crippen molar-refractivity contribution in [2.24, 2.45) is 0 Å². The first-order valence-corrected chi connectivity index (χ1v) is 9.74. The molecule has 3 rings (SSSR count). The van der Waals surface area contributed by atoms with Crippen LogP contribution in [-0.2, 0) is 0 Å². The molecule has 2 aliphatic rings. The largest absolute Gasteiger partial charge is 0.351 e. The SMILES string of the molecule is Cc1nc(C2CCCC2)sc1C(=O)NCCCN1CCNCC1.Cl.Cl. The number of aryl methyl sites for hydroxylation is 1. The number of nitrogens with one attached hydrogen (secondary N) is 2. The Kier molecular flexibility index (Phi) is 10.3. The molecule has 1 amide bonds. The molecule has 0 radical (unpaired) electrons. The number of halogens is 2. The molecule has 1 aliphatic heterocycles. The second kappa shape index (κ2) is 11.3. The van der Waals surface area contributed by atoms with Crippen LogP contribution in [0.5, 0.6) is 0 Å². The summed E-state index contributed by atoms with van der Waals surface area (Å²) in [7, 11) is 0. The van der Waals surface area contributed by atoms with Crippen LogP contribution in [0.15, 0.2) is 0 Å². The summed E-state index contributed by atoms with van der Waals surface area (Å²) in [6.07, 6.45) is 6.09. The molecule has 2 fully saturated rings. The van der Waals surface area contributed by atoms with Crippen LogP contribution >= 0.6 is 36.2 Å². The molecule has 1 aromatic rings. The molecule has 5 nitrogen and oxygen atoms in total. The normalized spacial score (nSPS) is 18.4. The Hall–Kier alpha value is -0.400. The van der Waals surface area contributed by atoms with Gasteiger partial charge in [-0.05, 0) is 32.7 Å². The molecule has 1 saturated heterocycles. The molecule has 144 valence electrons. The van der Waals surface area contributed by atoms with E-state index >= 15 is 0 Å². The van der Waals surface area contributed by atoms with Gasteiger partial charge in [0.15, 0.2) is 0 Å². The Morgan fingerprint density at radius 1 is 1.28 bits per heavy atom. The van der Waals surface area contributed by atoms with Gasteiger partial charge in [-0.3, -0.25) is 4.79 Å². The minimum atomic E-state index is 0. The van der Waals surface area contributed by atoms with E-state index in [1.165, 1.54) is 30.7 Å². The molecule has 0 aromatic carbocycles. The number of amides is 1. The van der Waals surface area contributed by atoms with Crippen LogP contribution in [0, 0.1) is 6.92 Å². The first-order chi connectivity index (χ1) is 11.2. The number of nitrogens with zero attached hydrogens (tertiary/aromatic N) is 2. The third kappa shape index (κ3) is 6.36. The number of carbonyl (C=O) groups excluding carboxylic acids is 1. The maximum Gasteiger partial charge on any atom is 0.263 e. The van der Waals surface area contributed by atoms with Crippen molar-refractivity contribution in [3.63, 3.8) is 0 Å². The number of piperazine rings is 1. The molecule has 0 unspecified atom stereocenters. The number of hydrogen-bond acceptors (Lipinski definition) is 5. The molecular formula is C17H30Cl2N4OS. The van der Waals surface area contributed by atoms with Gasteiger partial charge in [-0.25, -0.2) is 4.98 Å². The average Bonchev–Trinajstić information content (AvgIpc) is 3.21. The third-order valence-corrected chi connectivity index (χ3v) is 6.19. The lowest BCUT2D eigenvalue weighted by atomic mass is 10.1. The minimum Gasteiger partial charge on any atom is -0.351 e. The van der Waals surface area contributed by atoms with Crippen molar-refractivity contribution in [1.29, 1.82) is 0 Å². The molecule has 25 heavy (non-hydrogen) atoms. The van der Waals surface area contributed by atoms with Crippen molar-refractivity contribution in [2.45, 2.75) is 44.9 Å². The summed E-state index contributed by atoms with van der Waals surface area (Å²) in [5, 5.41) is 7.60. The standard InChI is InChI=1S/C17H28N4OS.2ClH/c1-13-15(23-17(20-13)14-5-2-3-6-14)16(22)19-7-4-10-21-11-8-18-9-12-21;;/h14,18H,2-12H2,1H3,(H,19,22);2*1H. The van der Waals surface area contributed by atoms with E-state index in [4.69, 9.17) is 0 Å². The second-order valence-electron chi connectivity index (χ2n) is 6.65. The summed E-state index contributed by atoms with van der Waals surface area (Å²) < 4.78 is 0. The monoisotopic (exact) mass is 408 g/mol. The number of rotatable bonds is 6. The van der Waals surface area contributed by atoms with Gasteiger partial charge in [0, 0.05) is 38.6 Å². The summed E-state index contributed by atoms with van der Waals surface area (Å²) in [6, 6.07) is 0. The first-order valence-electron chi connectivity index (χ1n) is 8.92. The lowest BCUT2D eigenvalue weighted by Gasteiger charge is -2.27. The van der Waals surface area contributed by atoms with E-state index in [2.05, 4.69) is 20.5 Å². The number of hydrogen-bond donors (Lipinski definition) is 2. The number of carbonyl (C=O) groups is 1. The Bertz CT molecular complexity index is 529. The highest BCUT2D eigenvalue weighted by Crippen LogP contribution is 2.37. The number of thiazole rings is 1. The van der Waals surface area contributed by atoms with Crippen LogP contribution < -0.4 is 10.6 Å². The predicted molar refractivity (Wildman–Crippen MR) is 109 cm³/mol. The third-order valence-electron chi connectivity index (χ3n) is 4.87. The Labute approximate surface area is 167 Å². The quantitative estimate of drug-likeness (QED) is 0.710. The van der Waals surface area contributed by atoms with E-state index in [0.717, 1.165) is 56.3 Å². The molecule has 0 bridgehead atoms. The zero-order valence-electron chi connectivity index (χ0n) is 14.9. The fraction of sp³-hybridized carbons (Fsp3) is 0.765. The highest BCUT2D eigenvalue weighted by atomic mass is 35.5. The Balaban J connectivity index is 0.00000156. The van der Waals surface area contributed by atoms with Gasteiger partial charge in [0.05, 0.1) is 10.7 Å². The smallest absolute Gasteiger partial charge is 0.263 e. The van der Waals surface area contributed by atoms with E-state index in [0.29, 0.717) is 5.92 Å². The number of aromatic nitrogens is 1. The van der Waals surface area contributed by atoms with Gasteiger partial charge in [-0.2, -0.15) is 0 Å². The minimum absolute atomic E-state index is 0. The topological polar surface area (TPSA) is 57.3 Å². The second-order valence-corrected chi connectivity index (χ2v) is 7.68. The van der Waals surface area contributed by atoms with Crippen LogP contribution in [0.25, 0.3) is 0 Å². The molecule has 1 aromatic heterocycles. The molecule has 0 atom stereocenters. The van der Waals surface area contributed by atoms with Crippen molar-refractivity contribution in [2.75, 3.05) is 39.3 Å². The van der Waals surface area contributed by atoms with E-state index in [-0.39, 0.29) is 30.7 Å². The zero-order valence-corrected chi connectivity index (χ0v) is 17.3. The molecule has 8 heteroatoms. The first kappa shape index (κ1) is 22.6. The molecule has 2 heterocycles. The summed E-state index contributed by atoms with van der Waals surface area (Å²) >= 11 is 1.61. The summed E-state index contributed by atoms with van der Waals surface area (Å²) in [6.45, 7) is 8.17. The Morgan fingerprint density at radius 3 is 2.64 bits per heavy atom. The fourth-order valence-electron chi connectivity index (χ4n) is 3.49. The zero-order chi connectivity index (χ0) is 16.1. The highest BCUT2D eigenvalue weighted by Gasteiger charge is 2.23. The van der Waals surface area contributed by atoms with Crippen LogP contribution in [0.2, 0.25) is 0 Å². The average molecular weight is 409 g/mol. The van der Waals surface area contributed by atoms with Crippen molar-refractivity contribution < 1.29 is 4.79 Å². The van der Waals surface area contributed by atoms with Gasteiger partial charge >= 0.3 is 0 Å².